The number of esters is 1. The van der Waals surface area contributed by atoms with E-state index in [1.54, 1.807) is 12.1 Å². The van der Waals surface area contributed by atoms with E-state index in [9.17, 15) is 4.79 Å². The molecule has 0 fully saturated rings. The predicted molar refractivity (Wildman–Crippen MR) is 57.1 cm³/mol. The molecule has 0 spiro atoms. The number of carbonyl (C=O) groups is 1. The molecule has 3 heteroatoms. The number of halogens is 1. The third kappa shape index (κ3) is 3.62. The zero-order valence-corrected chi connectivity index (χ0v) is 8.62. The van der Waals surface area contributed by atoms with Gasteiger partial charge in [-0.25, -0.2) is 0 Å². The van der Waals surface area contributed by atoms with Gasteiger partial charge in [-0.15, -0.1) is 0 Å². The number of hydrogen-bond donors (Lipinski definition) is 0. The second kappa shape index (κ2) is 5.45. The van der Waals surface area contributed by atoms with Gasteiger partial charge >= 0.3 is 5.97 Å². The van der Waals surface area contributed by atoms with Gasteiger partial charge in [0.25, 0.3) is 0 Å². The summed E-state index contributed by atoms with van der Waals surface area (Å²) in [4.78, 5) is 10.8. The predicted octanol–water partition coefficient (Wildman–Crippen LogP) is 2.92. The molecule has 0 radical (unpaired) electrons. The van der Waals surface area contributed by atoms with Crippen LogP contribution in [-0.2, 0) is 9.53 Å². The van der Waals surface area contributed by atoms with Crippen LogP contribution in [0.4, 0.5) is 0 Å². The summed E-state index contributed by atoms with van der Waals surface area (Å²) in [6.07, 6.45) is 3.86. The van der Waals surface area contributed by atoms with Gasteiger partial charge in [-0.05, 0) is 17.7 Å². The molecule has 1 aromatic carbocycles. The zero-order chi connectivity index (χ0) is 10.4. The van der Waals surface area contributed by atoms with Crippen molar-refractivity contribution >= 4 is 23.6 Å². The minimum Gasteiger partial charge on any atom is -0.469 e. The summed E-state index contributed by atoms with van der Waals surface area (Å²) >= 11 is 5.79. The second-order valence-corrected chi connectivity index (χ2v) is 3.17. The van der Waals surface area contributed by atoms with Gasteiger partial charge in [-0.3, -0.25) is 4.79 Å². The van der Waals surface area contributed by atoms with Gasteiger partial charge in [0.05, 0.1) is 13.5 Å². The molecule has 0 aliphatic heterocycles. The van der Waals surface area contributed by atoms with Crippen LogP contribution in [0.3, 0.4) is 0 Å². The Morgan fingerprint density at radius 2 is 2.36 bits per heavy atom. The minimum atomic E-state index is -0.247. The maximum atomic E-state index is 10.8. The van der Waals surface area contributed by atoms with Gasteiger partial charge in [-0.2, -0.15) is 0 Å². The molecule has 0 saturated carbocycles. The van der Waals surface area contributed by atoms with E-state index in [0.29, 0.717) is 5.02 Å². The summed E-state index contributed by atoms with van der Waals surface area (Å²) in [6.45, 7) is 0. The molecule has 0 unspecified atom stereocenters. The molecule has 14 heavy (non-hydrogen) atoms. The molecule has 0 aliphatic carbocycles. The summed E-state index contributed by atoms with van der Waals surface area (Å²) in [7, 11) is 1.37. The van der Waals surface area contributed by atoms with Crippen LogP contribution in [0.5, 0.6) is 0 Å². The van der Waals surface area contributed by atoms with Crippen molar-refractivity contribution in [2.45, 2.75) is 6.42 Å². The van der Waals surface area contributed by atoms with Gasteiger partial charge in [-0.1, -0.05) is 35.9 Å². The van der Waals surface area contributed by atoms with Crippen molar-refractivity contribution in [2.75, 3.05) is 7.11 Å². The summed E-state index contributed by atoms with van der Waals surface area (Å²) in [6, 6.07) is 7.41. The van der Waals surface area contributed by atoms with E-state index in [-0.39, 0.29) is 12.4 Å². The molecule has 1 aromatic rings. The summed E-state index contributed by atoms with van der Waals surface area (Å²) < 4.78 is 4.50. The maximum Gasteiger partial charge on any atom is 0.309 e. The highest BCUT2D eigenvalue weighted by molar-refractivity contribution is 6.30. The Bertz CT molecular complexity index is 345. The lowest BCUT2D eigenvalue weighted by Gasteiger charge is -1.94. The minimum absolute atomic E-state index is 0.247. The Kier molecular flexibility index (Phi) is 4.20. The van der Waals surface area contributed by atoms with E-state index >= 15 is 0 Å². The van der Waals surface area contributed by atoms with E-state index in [1.165, 1.54) is 7.11 Å². The summed E-state index contributed by atoms with van der Waals surface area (Å²) in [5.41, 5.74) is 0.974. The molecule has 0 saturated heterocycles. The van der Waals surface area contributed by atoms with Gasteiger partial charge < -0.3 is 4.74 Å². The van der Waals surface area contributed by atoms with E-state index in [4.69, 9.17) is 11.6 Å². The van der Waals surface area contributed by atoms with Crippen LogP contribution in [0.15, 0.2) is 30.3 Å². The molecule has 0 N–H and O–H groups in total. The van der Waals surface area contributed by atoms with Crippen molar-refractivity contribution in [3.8, 4) is 0 Å². The van der Waals surface area contributed by atoms with Gasteiger partial charge in [0, 0.05) is 5.02 Å². The van der Waals surface area contributed by atoms with Gasteiger partial charge in [0.15, 0.2) is 0 Å². The van der Waals surface area contributed by atoms with Crippen molar-refractivity contribution in [3.05, 3.63) is 40.9 Å². The maximum absolute atomic E-state index is 10.8. The number of rotatable bonds is 3. The quantitative estimate of drug-likeness (QED) is 0.718. The fourth-order valence-corrected chi connectivity index (χ4v) is 1.18. The van der Waals surface area contributed by atoms with Crippen molar-refractivity contribution in [1.82, 2.24) is 0 Å². The lowest BCUT2D eigenvalue weighted by molar-refractivity contribution is -0.139. The topological polar surface area (TPSA) is 26.3 Å². The van der Waals surface area contributed by atoms with Crippen LogP contribution in [0.2, 0.25) is 5.02 Å². The SMILES string of the molecule is COC(=O)CC=Cc1cccc(Cl)c1. The number of ether oxygens (including phenoxy) is 1. The Hall–Kier alpha value is -1.28. The molecule has 74 valence electrons. The lowest BCUT2D eigenvalue weighted by atomic mass is 10.2. The van der Waals surface area contributed by atoms with Gasteiger partial charge in [0.2, 0.25) is 0 Å². The lowest BCUT2D eigenvalue weighted by Crippen LogP contribution is -1.96. The van der Waals surface area contributed by atoms with E-state index in [1.807, 2.05) is 24.3 Å². The molecule has 0 heterocycles. The molecule has 0 amide bonds. The number of methoxy groups -OCH3 is 1. The standard InChI is InChI=1S/C11H11ClO2/c1-14-11(13)7-3-5-9-4-2-6-10(12)8-9/h2-6,8H,7H2,1H3. The summed E-state index contributed by atoms with van der Waals surface area (Å²) in [5.74, 6) is -0.247. The van der Waals surface area contributed by atoms with E-state index in [0.717, 1.165) is 5.56 Å². The molecule has 1 rings (SSSR count). The zero-order valence-electron chi connectivity index (χ0n) is 7.87. The van der Waals surface area contributed by atoms with Crippen LogP contribution in [0.25, 0.3) is 6.08 Å². The third-order valence-electron chi connectivity index (χ3n) is 1.67. The first kappa shape index (κ1) is 10.8. The molecular formula is C11H11ClO2. The Morgan fingerprint density at radius 1 is 1.57 bits per heavy atom. The van der Waals surface area contributed by atoms with E-state index < -0.39 is 0 Å². The first-order valence-corrected chi connectivity index (χ1v) is 4.59. The third-order valence-corrected chi connectivity index (χ3v) is 1.91. The number of carbonyl (C=O) groups excluding carboxylic acids is 1. The first-order chi connectivity index (χ1) is 6.72. The average Bonchev–Trinajstić information content (AvgIpc) is 2.17. The highest BCUT2D eigenvalue weighted by Crippen LogP contribution is 2.11. The second-order valence-electron chi connectivity index (χ2n) is 2.74. The van der Waals surface area contributed by atoms with Crippen LogP contribution in [0.1, 0.15) is 12.0 Å². The Morgan fingerprint density at radius 3 is 3.00 bits per heavy atom. The highest BCUT2D eigenvalue weighted by atomic mass is 35.5. The van der Waals surface area contributed by atoms with Gasteiger partial charge in [0.1, 0.15) is 0 Å². The largest absolute Gasteiger partial charge is 0.469 e. The van der Waals surface area contributed by atoms with Crippen LogP contribution in [-0.4, -0.2) is 13.1 Å². The monoisotopic (exact) mass is 210 g/mol. The fourth-order valence-electron chi connectivity index (χ4n) is 0.985. The first-order valence-electron chi connectivity index (χ1n) is 4.21. The Labute approximate surface area is 88.1 Å². The molecule has 2 nitrogen and oxygen atoms in total. The fraction of sp³-hybridized carbons (Fsp3) is 0.182. The number of hydrogen-bond acceptors (Lipinski definition) is 2. The van der Waals surface area contributed by atoms with Crippen LogP contribution >= 0.6 is 11.6 Å². The highest BCUT2D eigenvalue weighted by Gasteiger charge is 1.94. The van der Waals surface area contributed by atoms with E-state index in [2.05, 4.69) is 4.74 Å². The molecule has 0 atom stereocenters. The number of benzene rings is 1. The van der Waals surface area contributed by atoms with Crippen LogP contribution in [0, 0.1) is 0 Å². The van der Waals surface area contributed by atoms with Crippen molar-refractivity contribution < 1.29 is 9.53 Å². The van der Waals surface area contributed by atoms with Crippen molar-refractivity contribution in [1.29, 1.82) is 0 Å². The summed E-state index contributed by atoms with van der Waals surface area (Å²) in [5, 5.41) is 0.685. The smallest absolute Gasteiger partial charge is 0.309 e. The van der Waals surface area contributed by atoms with Crippen molar-refractivity contribution in [2.24, 2.45) is 0 Å². The Balaban J connectivity index is 2.56. The van der Waals surface area contributed by atoms with Crippen LogP contribution < -0.4 is 0 Å². The molecule has 0 aliphatic rings. The molecule has 0 aromatic heterocycles. The average molecular weight is 211 g/mol. The normalized spacial score (nSPS) is 10.4. The molecule has 0 bridgehead atoms. The molecular weight excluding hydrogens is 200 g/mol. The van der Waals surface area contributed by atoms with Crippen molar-refractivity contribution in [3.63, 3.8) is 0 Å².